The van der Waals surface area contributed by atoms with Crippen LogP contribution in [0.2, 0.25) is 0 Å². The molecule has 0 amide bonds. The minimum Gasteiger partial charge on any atom is -0.496 e. The summed E-state index contributed by atoms with van der Waals surface area (Å²) < 4.78 is 33.5. The third-order valence-corrected chi connectivity index (χ3v) is 6.25. The molecule has 150 valence electrons. The van der Waals surface area contributed by atoms with Crippen LogP contribution in [-0.2, 0) is 16.6 Å². The predicted molar refractivity (Wildman–Crippen MR) is 111 cm³/mol. The van der Waals surface area contributed by atoms with Crippen molar-refractivity contribution >= 4 is 21.4 Å². The molecule has 0 saturated heterocycles. The smallest absolute Gasteiger partial charge is 0.269 e. The second-order valence-corrected chi connectivity index (χ2v) is 8.27. The summed E-state index contributed by atoms with van der Waals surface area (Å²) in [7, 11) is -2.45. The van der Waals surface area contributed by atoms with Crippen molar-refractivity contribution in [2.45, 2.75) is 18.4 Å². The van der Waals surface area contributed by atoms with E-state index in [9.17, 15) is 18.5 Å². The number of rotatable bonds is 7. The second kappa shape index (κ2) is 8.32. The molecule has 0 aliphatic heterocycles. The summed E-state index contributed by atoms with van der Waals surface area (Å²) in [4.78, 5) is 10.3. The van der Waals surface area contributed by atoms with E-state index < -0.39 is 14.9 Å². The van der Waals surface area contributed by atoms with E-state index in [2.05, 4.69) is 0 Å². The van der Waals surface area contributed by atoms with Crippen molar-refractivity contribution in [2.75, 3.05) is 11.4 Å². The van der Waals surface area contributed by atoms with Gasteiger partial charge in [-0.25, -0.2) is 8.42 Å². The predicted octanol–water partition coefficient (Wildman–Crippen LogP) is 4.31. The SMILES string of the molecule is COc1ccccc1CN(c1ccc(C)cc1)S(=O)(=O)c1ccc([N+](=O)[O-])cc1. The molecular weight excluding hydrogens is 392 g/mol. The molecule has 0 heterocycles. The zero-order valence-electron chi connectivity index (χ0n) is 16.0. The summed E-state index contributed by atoms with van der Waals surface area (Å²) in [6.45, 7) is 1.96. The largest absolute Gasteiger partial charge is 0.496 e. The van der Waals surface area contributed by atoms with Gasteiger partial charge in [0.15, 0.2) is 0 Å². The average Bonchev–Trinajstić information content (AvgIpc) is 2.73. The number of anilines is 1. The molecule has 0 unspecified atom stereocenters. The molecular formula is C21H20N2O5S. The molecule has 29 heavy (non-hydrogen) atoms. The zero-order valence-corrected chi connectivity index (χ0v) is 16.8. The molecule has 3 aromatic carbocycles. The lowest BCUT2D eigenvalue weighted by Crippen LogP contribution is -2.30. The summed E-state index contributed by atoms with van der Waals surface area (Å²) in [5.41, 5.74) is 2.01. The Hall–Kier alpha value is -3.39. The lowest BCUT2D eigenvalue weighted by molar-refractivity contribution is -0.384. The number of non-ortho nitro benzene ring substituents is 1. The van der Waals surface area contributed by atoms with Crippen LogP contribution in [0.4, 0.5) is 11.4 Å². The topological polar surface area (TPSA) is 89.8 Å². The van der Waals surface area contributed by atoms with Gasteiger partial charge >= 0.3 is 0 Å². The van der Waals surface area contributed by atoms with Gasteiger partial charge in [-0.2, -0.15) is 0 Å². The van der Waals surface area contributed by atoms with Crippen molar-refractivity contribution in [3.05, 3.63) is 94.0 Å². The molecule has 7 nitrogen and oxygen atoms in total. The molecule has 0 saturated carbocycles. The van der Waals surface area contributed by atoms with Gasteiger partial charge in [-0.05, 0) is 37.3 Å². The van der Waals surface area contributed by atoms with Crippen molar-refractivity contribution < 1.29 is 18.1 Å². The van der Waals surface area contributed by atoms with E-state index in [0.29, 0.717) is 17.0 Å². The van der Waals surface area contributed by atoms with Crippen molar-refractivity contribution in [3.63, 3.8) is 0 Å². The van der Waals surface area contributed by atoms with Gasteiger partial charge < -0.3 is 4.74 Å². The quantitative estimate of drug-likeness (QED) is 0.426. The zero-order chi connectivity index (χ0) is 21.0. The normalized spacial score (nSPS) is 11.1. The number of nitro groups is 1. The van der Waals surface area contributed by atoms with Crippen LogP contribution < -0.4 is 9.04 Å². The maximum Gasteiger partial charge on any atom is 0.269 e. The number of benzene rings is 3. The van der Waals surface area contributed by atoms with Gasteiger partial charge in [0.05, 0.1) is 29.2 Å². The van der Waals surface area contributed by atoms with Crippen molar-refractivity contribution in [1.82, 2.24) is 0 Å². The molecule has 0 aliphatic rings. The molecule has 0 spiro atoms. The van der Waals surface area contributed by atoms with E-state index in [1.54, 1.807) is 24.3 Å². The van der Waals surface area contributed by atoms with Gasteiger partial charge in [0, 0.05) is 17.7 Å². The lowest BCUT2D eigenvalue weighted by Gasteiger charge is -2.25. The molecule has 0 radical (unpaired) electrons. The van der Waals surface area contributed by atoms with Gasteiger partial charge in [-0.1, -0.05) is 35.9 Å². The highest BCUT2D eigenvalue weighted by Gasteiger charge is 2.26. The maximum atomic E-state index is 13.4. The molecule has 8 heteroatoms. The van der Waals surface area contributed by atoms with Gasteiger partial charge in [-0.15, -0.1) is 0 Å². The Labute approximate surface area is 169 Å². The van der Waals surface area contributed by atoms with E-state index in [-0.39, 0.29) is 17.1 Å². The summed E-state index contributed by atoms with van der Waals surface area (Å²) in [6, 6.07) is 19.2. The highest BCUT2D eigenvalue weighted by Crippen LogP contribution is 2.29. The Balaban J connectivity index is 2.08. The van der Waals surface area contributed by atoms with E-state index in [0.717, 1.165) is 5.56 Å². The van der Waals surface area contributed by atoms with Crippen LogP contribution in [0.3, 0.4) is 0 Å². The summed E-state index contributed by atoms with van der Waals surface area (Å²) in [6.07, 6.45) is 0. The minimum absolute atomic E-state index is 0.0291. The minimum atomic E-state index is -3.98. The van der Waals surface area contributed by atoms with Crippen LogP contribution in [0.15, 0.2) is 77.7 Å². The third-order valence-electron chi connectivity index (χ3n) is 4.46. The number of nitrogens with zero attached hydrogens (tertiary/aromatic N) is 2. The van der Waals surface area contributed by atoms with Crippen LogP contribution in [-0.4, -0.2) is 20.5 Å². The fraction of sp³-hybridized carbons (Fsp3) is 0.143. The first-order valence-electron chi connectivity index (χ1n) is 8.78. The molecule has 3 aromatic rings. The Morgan fingerprint density at radius 1 is 0.966 bits per heavy atom. The fourth-order valence-electron chi connectivity index (χ4n) is 2.88. The Bertz CT molecular complexity index is 1110. The highest BCUT2D eigenvalue weighted by atomic mass is 32.2. The van der Waals surface area contributed by atoms with Crippen molar-refractivity contribution in [1.29, 1.82) is 0 Å². The molecule has 0 aliphatic carbocycles. The number of hydrogen-bond acceptors (Lipinski definition) is 5. The molecule has 0 aromatic heterocycles. The van der Waals surface area contributed by atoms with E-state index in [1.165, 1.54) is 35.7 Å². The summed E-state index contributed by atoms with van der Waals surface area (Å²) >= 11 is 0. The molecule has 0 bridgehead atoms. The first kappa shape index (κ1) is 20.3. The van der Waals surface area contributed by atoms with Crippen LogP contribution in [0.5, 0.6) is 5.75 Å². The Kier molecular flexibility index (Phi) is 5.84. The van der Waals surface area contributed by atoms with E-state index in [1.807, 2.05) is 31.2 Å². The lowest BCUT2D eigenvalue weighted by atomic mass is 10.2. The first-order chi connectivity index (χ1) is 13.8. The van der Waals surface area contributed by atoms with E-state index >= 15 is 0 Å². The number of sulfonamides is 1. The fourth-order valence-corrected chi connectivity index (χ4v) is 4.32. The third kappa shape index (κ3) is 4.38. The van der Waals surface area contributed by atoms with Crippen molar-refractivity contribution in [2.24, 2.45) is 0 Å². The Morgan fingerprint density at radius 3 is 2.17 bits per heavy atom. The maximum absolute atomic E-state index is 13.4. The average molecular weight is 412 g/mol. The Morgan fingerprint density at radius 2 is 1.59 bits per heavy atom. The van der Waals surface area contributed by atoms with Crippen molar-refractivity contribution in [3.8, 4) is 5.75 Å². The van der Waals surface area contributed by atoms with Crippen LogP contribution in [0.1, 0.15) is 11.1 Å². The van der Waals surface area contributed by atoms with E-state index in [4.69, 9.17) is 4.74 Å². The highest BCUT2D eigenvalue weighted by molar-refractivity contribution is 7.92. The summed E-state index contributed by atoms with van der Waals surface area (Å²) in [5.74, 6) is 0.573. The van der Waals surface area contributed by atoms with Crippen LogP contribution in [0.25, 0.3) is 0 Å². The van der Waals surface area contributed by atoms with Gasteiger partial charge in [0.25, 0.3) is 15.7 Å². The molecule has 0 atom stereocenters. The summed E-state index contributed by atoms with van der Waals surface area (Å²) in [5, 5.41) is 10.9. The number of aryl methyl sites for hydroxylation is 1. The molecule has 3 rings (SSSR count). The number of nitro benzene ring substituents is 1. The molecule has 0 N–H and O–H groups in total. The number of hydrogen-bond donors (Lipinski definition) is 0. The number of methoxy groups -OCH3 is 1. The van der Waals surface area contributed by atoms with Crippen LogP contribution in [0, 0.1) is 17.0 Å². The van der Waals surface area contributed by atoms with Crippen LogP contribution >= 0.6 is 0 Å². The standard InChI is InChI=1S/C21H20N2O5S/c1-16-7-9-18(10-8-16)22(15-17-5-3-4-6-21(17)28-2)29(26,27)20-13-11-19(12-14-20)23(24)25/h3-14H,15H2,1-2H3. The number of ether oxygens (including phenoxy) is 1. The van der Waals surface area contributed by atoms with Gasteiger partial charge in [-0.3, -0.25) is 14.4 Å². The number of para-hydroxylation sites is 1. The van der Waals surface area contributed by atoms with Gasteiger partial charge in [0.1, 0.15) is 5.75 Å². The molecule has 0 fully saturated rings. The first-order valence-corrected chi connectivity index (χ1v) is 10.2. The van der Waals surface area contributed by atoms with Gasteiger partial charge in [0.2, 0.25) is 0 Å². The monoisotopic (exact) mass is 412 g/mol. The second-order valence-electron chi connectivity index (χ2n) is 6.41.